The van der Waals surface area contributed by atoms with Crippen LogP contribution in [-0.2, 0) is 19.6 Å². The summed E-state index contributed by atoms with van der Waals surface area (Å²) in [6.07, 6.45) is 3.45. The molecule has 1 aliphatic carbocycles. The number of hydrogen-bond donors (Lipinski definition) is 1. The molecule has 6 nitrogen and oxygen atoms in total. The molecule has 28 heavy (non-hydrogen) atoms. The van der Waals surface area contributed by atoms with Crippen LogP contribution in [0.3, 0.4) is 0 Å². The van der Waals surface area contributed by atoms with Crippen molar-refractivity contribution in [3.8, 4) is 0 Å². The zero-order valence-corrected chi connectivity index (χ0v) is 18.0. The van der Waals surface area contributed by atoms with Gasteiger partial charge in [-0.05, 0) is 63.5 Å². The highest BCUT2D eigenvalue weighted by molar-refractivity contribution is 7.89. The molecule has 0 spiro atoms. The minimum Gasteiger partial charge on any atom is -0.378 e. The van der Waals surface area contributed by atoms with Crippen molar-refractivity contribution >= 4 is 15.9 Å². The maximum absolute atomic E-state index is 12.8. The summed E-state index contributed by atoms with van der Waals surface area (Å²) in [4.78, 5) is 14.9. The second-order valence-corrected chi connectivity index (χ2v) is 9.94. The molecule has 1 amide bonds. The van der Waals surface area contributed by atoms with Crippen LogP contribution in [0.25, 0.3) is 0 Å². The van der Waals surface area contributed by atoms with Crippen LogP contribution in [0.1, 0.15) is 42.4 Å². The molecule has 1 heterocycles. The van der Waals surface area contributed by atoms with Crippen LogP contribution >= 0.6 is 0 Å². The van der Waals surface area contributed by atoms with Gasteiger partial charge in [0, 0.05) is 25.6 Å². The van der Waals surface area contributed by atoms with E-state index >= 15 is 0 Å². The van der Waals surface area contributed by atoms with Gasteiger partial charge in [0.05, 0.1) is 18.1 Å². The van der Waals surface area contributed by atoms with Crippen molar-refractivity contribution in [3.05, 3.63) is 28.8 Å². The first kappa shape index (κ1) is 21.3. The maximum Gasteiger partial charge on any atom is 0.241 e. The zero-order valence-electron chi connectivity index (χ0n) is 17.2. The Morgan fingerprint density at radius 2 is 1.64 bits per heavy atom. The topological polar surface area (TPSA) is 75.7 Å². The first-order chi connectivity index (χ1) is 13.3. The molecule has 1 aromatic carbocycles. The van der Waals surface area contributed by atoms with Gasteiger partial charge in [0.2, 0.25) is 15.9 Å². The van der Waals surface area contributed by atoms with Crippen molar-refractivity contribution in [1.82, 2.24) is 9.62 Å². The Morgan fingerprint density at radius 1 is 1.07 bits per heavy atom. The molecule has 1 saturated carbocycles. The van der Waals surface area contributed by atoms with Crippen LogP contribution in [0, 0.1) is 32.6 Å². The first-order valence-electron chi connectivity index (χ1n) is 10.2. The van der Waals surface area contributed by atoms with Gasteiger partial charge in [-0.1, -0.05) is 17.7 Å². The van der Waals surface area contributed by atoms with Crippen LogP contribution in [-0.4, -0.2) is 52.1 Å². The Morgan fingerprint density at radius 3 is 2.21 bits per heavy atom. The molecule has 0 aromatic heterocycles. The molecule has 3 rings (SSSR count). The largest absolute Gasteiger partial charge is 0.378 e. The Balaban J connectivity index is 1.53. The number of morpholine rings is 1. The van der Waals surface area contributed by atoms with E-state index in [4.69, 9.17) is 4.74 Å². The molecule has 2 fully saturated rings. The van der Waals surface area contributed by atoms with Crippen LogP contribution in [0.5, 0.6) is 0 Å². The standard InChI is InChI=1S/C21H32N2O4S/c1-15-12-16(2)20(17(3)13-15)28(25,26)22-14-18-4-6-19(7-5-18)21(24)23-8-10-27-11-9-23/h12-13,18-19,22H,4-11,14H2,1-3H3. The quantitative estimate of drug-likeness (QED) is 0.812. The predicted octanol–water partition coefficient (Wildman–Crippen LogP) is 2.56. The van der Waals surface area contributed by atoms with E-state index in [9.17, 15) is 13.2 Å². The summed E-state index contributed by atoms with van der Waals surface area (Å²) >= 11 is 0. The summed E-state index contributed by atoms with van der Waals surface area (Å²) in [7, 11) is -3.52. The van der Waals surface area contributed by atoms with Crippen molar-refractivity contribution in [2.75, 3.05) is 32.8 Å². The Bertz CT molecular complexity index is 785. The van der Waals surface area contributed by atoms with Crippen molar-refractivity contribution in [2.45, 2.75) is 51.3 Å². The number of sulfonamides is 1. The van der Waals surface area contributed by atoms with Crippen molar-refractivity contribution in [2.24, 2.45) is 11.8 Å². The lowest BCUT2D eigenvalue weighted by Crippen LogP contribution is -2.44. The fraction of sp³-hybridized carbons (Fsp3) is 0.667. The summed E-state index contributed by atoms with van der Waals surface area (Å²) in [5, 5.41) is 0. The van der Waals surface area contributed by atoms with Crippen molar-refractivity contribution < 1.29 is 17.9 Å². The SMILES string of the molecule is Cc1cc(C)c(S(=O)(=O)NCC2CCC(C(=O)N3CCOCC3)CC2)c(C)c1. The number of carbonyl (C=O) groups excluding carboxylic acids is 1. The third kappa shape index (κ3) is 4.93. The molecule has 1 aliphatic heterocycles. The molecule has 0 radical (unpaired) electrons. The van der Waals surface area contributed by atoms with Crippen LogP contribution in [0.15, 0.2) is 17.0 Å². The molecule has 1 aromatic rings. The number of rotatable bonds is 5. The highest BCUT2D eigenvalue weighted by Gasteiger charge is 2.31. The molecular weight excluding hydrogens is 376 g/mol. The molecule has 1 saturated heterocycles. The number of aryl methyl sites for hydroxylation is 3. The second-order valence-electron chi connectivity index (χ2n) is 8.24. The normalized spacial score (nSPS) is 23.6. The molecule has 1 N–H and O–H groups in total. The van der Waals surface area contributed by atoms with Gasteiger partial charge in [-0.2, -0.15) is 0 Å². The number of amides is 1. The van der Waals surface area contributed by atoms with Crippen molar-refractivity contribution in [1.29, 1.82) is 0 Å². The fourth-order valence-corrected chi connectivity index (χ4v) is 6.11. The van der Waals surface area contributed by atoms with E-state index in [0.717, 1.165) is 42.4 Å². The first-order valence-corrected chi connectivity index (χ1v) is 11.7. The lowest BCUT2D eigenvalue weighted by atomic mass is 9.81. The summed E-state index contributed by atoms with van der Waals surface area (Å²) in [5.41, 5.74) is 2.63. The molecule has 0 unspecified atom stereocenters. The van der Waals surface area contributed by atoms with E-state index in [2.05, 4.69) is 4.72 Å². The average molecular weight is 409 g/mol. The Labute approximate surface area is 168 Å². The Hall–Kier alpha value is -1.44. The molecule has 0 bridgehead atoms. The van der Waals surface area contributed by atoms with Crippen LogP contribution < -0.4 is 4.72 Å². The second kappa shape index (κ2) is 8.93. The summed E-state index contributed by atoms with van der Waals surface area (Å²) in [5.74, 6) is 0.607. The van der Waals surface area contributed by atoms with Gasteiger partial charge < -0.3 is 9.64 Å². The molecule has 0 atom stereocenters. The number of benzene rings is 1. The number of nitrogens with zero attached hydrogens (tertiary/aromatic N) is 1. The van der Waals surface area contributed by atoms with Crippen molar-refractivity contribution in [3.63, 3.8) is 0 Å². The molecule has 156 valence electrons. The van der Waals surface area contributed by atoms with E-state index in [-0.39, 0.29) is 17.7 Å². The van der Waals surface area contributed by atoms with Gasteiger partial charge in [-0.3, -0.25) is 4.79 Å². The van der Waals surface area contributed by atoms with E-state index in [0.29, 0.717) is 37.7 Å². The van der Waals surface area contributed by atoms with Gasteiger partial charge in [-0.15, -0.1) is 0 Å². The van der Waals surface area contributed by atoms with E-state index in [1.165, 1.54) is 0 Å². The smallest absolute Gasteiger partial charge is 0.241 e. The number of nitrogens with one attached hydrogen (secondary N) is 1. The fourth-order valence-electron chi connectivity index (χ4n) is 4.55. The third-order valence-electron chi connectivity index (χ3n) is 5.95. The van der Waals surface area contributed by atoms with E-state index in [1.807, 2.05) is 37.8 Å². The summed E-state index contributed by atoms with van der Waals surface area (Å²) in [6.45, 7) is 8.73. The van der Waals surface area contributed by atoms with Gasteiger partial charge in [0.25, 0.3) is 0 Å². The third-order valence-corrected chi connectivity index (χ3v) is 7.68. The lowest BCUT2D eigenvalue weighted by molar-refractivity contribution is -0.140. The highest BCUT2D eigenvalue weighted by atomic mass is 32.2. The highest BCUT2D eigenvalue weighted by Crippen LogP contribution is 2.30. The Kier molecular flexibility index (Phi) is 6.78. The van der Waals surface area contributed by atoms with E-state index < -0.39 is 10.0 Å². The van der Waals surface area contributed by atoms with Gasteiger partial charge in [-0.25, -0.2) is 13.1 Å². The zero-order chi connectivity index (χ0) is 20.3. The number of carbonyl (C=O) groups is 1. The van der Waals surface area contributed by atoms with E-state index in [1.54, 1.807) is 0 Å². The minimum atomic E-state index is -3.52. The monoisotopic (exact) mass is 408 g/mol. The molecular formula is C21H32N2O4S. The van der Waals surface area contributed by atoms with Gasteiger partial charge >= 0.3 is 0 Å². The number of ether oxygens (including phenoxy) is 1. The maximum atomic E-state index is 12.8. The summed E-state index contributed by atoms with van der Waals surface area (Å²) in [6, 6.07) is 3.81. The number of hydrogen-bond acceptors (Lipinski definition) is 4. The average Bonchev–Trinajstić information content (AvgIpc) is 2.66. The minimum absolute atomic E-state index is 0.0764. The van der Waals surface area contributed by atoms with Crippen LogP contribution in [0.4, 0.5) is 0 Å². The lowest BCUT2D eigenvalue weighted by Gasteiger charge is -2.34. The summed E-state index contributed by atoms with van der Waals surface area (Å²) < 4.78 is 33.8. The molecule has 7 heteroatoms. The van der Waals surface area contributed by atoms with Crippen LogP contribution in [0.2, 0.25) is 0 Å². The van der Waals surface area contributed by atoms with Gasteiger partial charge in [0.1, 0.15) is 0 Å². The molecule has 2 aliphatic rings. The predicted molar refractivity (Wildman–Crippen MR) is 109 cm³/mol. The van der Waals surface area contributed by atoms with Gasteiger partial charge in [0.15, 0.2) is 0 Å².